The number of carbonyl (C=O) groups excluding carboxylic acids is 1. The molecule has 0 radical (unpaired) electrons. The number of para-hydroxylation sites is 1. The molecule has 7 nitrogen and oxygen atoms in total. The van der Waals surface area contributed by atoms with Crippen LogP contribution in [0.25, 0.3) is 0 Å². The van der Waals surface area contributed by atoms with Crippen molar-refractivity contribution in [2.24, 2.45) is 0 Å². The Kier molecular flexibility index (Phi) is 8.43. The third-order valence-electron chi connectivity index (χ3n) is 4.32. The Hall–Kier alpha value is -2.95. The number of benzene rings is 3. The molecule has 0 unspecified atom stereocenters. The standard InChI is InChI=1S/C23H22BrN3O4S2/c1-2-14-31-21-13-8-16(24)15-20(21)22(28)26-23(32)25-17-9-11-19(12-10-17)33(29,30)27-18-6-4-3-5-7-18/h3-13,15,27H,2,14H2,1H3,(H2,25,26,28,32). The molecule has 0 fully saturated rings. The van der Waals surface area contributed by atoms with Crippen molar-refractivity contribution in [3.05, 3.63) is 82.8 Å². The topological polar surface area (TPSA) is 96.5 Å². The molecule has 0 aliphatic heterocycles. The molecule has 0 spiro atoms. The second kappa shape index (κ2) is 11.3. The van der Waals surface area contributed by atoms with Gasteiger partial charge in [0.1, 0.15) is 5.75 Å². The summed E-state index contributed by atoms with van der Waals surface area (Å²) in [6.07, 6.45) is 0.809. The molecule has 0 aliphatic carbocycles. The van der Waals surface area contributed by atoms with Crippen molar-refractivity contribution < 1.29 is 17.9 Å². The van der Waals surface area contributed by atoms with Gasteiger partial charge in [0.05, 0.1) is 17.1 Å². The minimum absolute atomic E-state index is 0.0689. The van der Waals surface area contributed by atoms with Gasteiger partial charge < -0.3 is 10.1 Å². The van der Waals surface area contributed by atoms with Gasteiger partial charge in [-0.05, 0) is 73.2 Å². The highest BCUT2D eigenvalue weighted by molar-refractivity contribution is 9.10. The molecule has 0 bridgehead atoms. The summed E-state index contributed by atoms with van der Waals surface area (Å²) in [5.41, 5.74) is 1.34. The first kappa shape index (κ1) is 24.7. The number of nitrogens with one attached hydrogen (secondary N) is 3. The van der Waals surface area contributed by atoms with Crippen LogP contribution in [0.5, 0.6) is 5.75 Å². The van der Waals surface area contributed by atoms with Crippen LogP contribution in [0.2, 0.25) is 0 Å². The summed E-state index contributed by atoms with van der Waals surface area (Å²) in [6, 6.07) is 19.8. The zero-order valence-corrected chi connectivity index (χ0v) is 20.9. The van der Waals surface area contributed by atoms with E-state index in [0.717, 1.165) is 10.9 Å². The Balaban J connectivity index is 1.64. The van der Waals surface area contributed by atoms with Crippen LogP contribution in [0.15, 0.2) is 82.2 Å². The minimum atomic E-state index is -3.73. The van der Waals surface area contributed by atoms with Crippen molar-refractivity contribution >= 4 is 60.6 Å². The molecule has 3 aromatic rings. The molecule has 3 rings (SSSR count). The lowest BCUT2D eigenvalue weighted by molar-refractivity contribution is 0.0973. The van der Waals surface area contributed by atoms with Crippen LogP contribution >= 0.6 is 28.1 Å². The van der Waals surface area contributed by atoms with E-state index in [1.54, 1.807) is 60.7 Å². The van der Waals surface area contributed by atoms with Gasteiger partial charge in [0.25, 0.3) is 15.9 Å². The highest BCUT2D eigenvalue weighted by atomic mass is 79.9. The number of halogens is 1. The lowest BCUT2D eigenvalue weighted by atomic mass is 10.2. The number of sulfonamides is 1. The third-order valence-corrected chi connectivity index (χ3v) is 6.42. The Labute approximate surface area is 206 Å². The zero-order valence-electron chi connectivity index (χ0n) is 17.7. The molecule has 0 saturated carbocycles. The van der Waals surface area contributed by atoms with E-state index in [2.05, 4.69) is 31.3 Å². The third kappa shape index (κ3) is 7.01. The van der Waals surface area contributed by atoms with E-state index in [1.807, 2.05) is 6.92 Å². The maximum Gasteiger partial charge on any atom is 0.261 e. The summed E-state index contributed by atoms with van der Waals surface area (Å²) in [6.45, 7) is 2.46. The fourth-order valence-electron chi connectivity index (χ4n) is 2.79. The molecule has 0 atom stereocenters. The SMILES string of the molecule is CCCOc1ccc(Br)cc1C(=O)NC(=S)Nc1ccc(S(=O)(=O)Nc2ccccc2)cc1. The highest BCUT2D eigenvalue weighted by Gasteiger charge is 2.16. The van der Waals surface area contributed by atoms with Gasteiger partial charge in [0, 0.05) is 15.8 Å². The molecule has 10 heteroatoms. The van der Waals surface area contributed by atoms with Crippen LogP contribution in [0.4, 0.5) is 11.4 Å². The summed E-state index contributed by atoms with van der Waals surface area (Å²) in [5, 5.41) is 5.57. The Morgan fingerprint density at radius 2 is 1.70 bits per heavy atom. The van der Waals surface area contributed by atoms with E-state index in [9.17, 15) is 13.2 Å². The molecular weight excluding hydrogens is 526 g/mol. The lowest BCUT2D eigenvalue weighted by Crippen LogP contribution is -2.34. The largest absolute Gasteiger partial charge is 0.493 e. The Morgan fingerprint density at radius 1 is 1.00 bits per heavy atom. The van der Waals surface area contributed by atoms with Crippen LogP contribution < -0.4 is 20.1 Å². The predicted molar refractivity (Wildman–Crippen MR) is 137 cm³/mol. The number of carbonyl (C=O) groups is 1. The van der Waals surface area contributed by atoms with Crippen molar-refractivity contribution in [1.29, 1.82) is 0 Å². The van der Waals surface area contributed by atoms with E-state index in [4.69, 9.17) is 17.0 Å². The van der Waals surface area contributed by atoms with Gasteiger partial charge in [0.15, 0.2) is 5.11 Å². The lowest BCUT2D eigenvalue weighted by Gasteiger charge is -2.13. The van der Waals surface area contributed by atoms with Crippen molar-refractivity contribution in [3.8, 4) is 5.75 Å². The smallest absolute Gasteiger partial charge is 0.261 e. The summed E-state index contributed by atoms with van der Waals surface area (Å²) >= 11 is 8.60. The average Bonchev–Trinajstić information content (AvgIpc) is 2.79. The second-order valence-electron chi connectivity index (χ2n) is 6.89. The molecule has 3 N–H and O–H groups in total. The second-order valence-corrected chi connectivity index (χ2v) is 9.90. The molecule has 33 heavy (non-hydrogen) atoms. The Bertz CT molecular complexity index is 1230. The molecular formula is C23H22BrN3O4S2. The number of rotatable bonds is 8. The van der Waals surface area contributed by atoms with Crippen LogP contribution in [0, 0.1) is 0 Å². The molecule has 0 saturated heterocycles. The van der Waals surface area contributed by atoms with Crippen LogP contribution in [0.3, 0.4) is 0 Å². The van der Waals surface area contributed by atoms with Crippen molar-refractivity contribution in [3.63, 3.8) is 0 Å². The maximum atomic E-state index is 12.7. The molecule has 0 aliphatic rings. The number of thiocarbonyl (C=S) groups is 1. The van der Waals surface area contributed by atoms with Crippen molar-refractivity contribution in [1.82, 2.24) is 5.32 Å². The number of anilines is 2. The van der Waals surface area contributed by atoms with Gasteiger partial charge in [-0.1, -0.05) is 41.1 Å². The first-order valence-electron chi connectivity index (χ1n) is 10.0. The van der Waals surface area contributed by atoms with Gasteiger partial charge in [-0.2, -0.15) is 0 Å². The van der Waals surface area contributed by atoms with E-state index >= 15 is 0 Å². The highest BCUT2D eigenvalue weighted by Crippen LogP contribution is 2.24. The summed E-state index contributed by atoms with van der Waals surface area (Å²) < 4.78 is 34.0. The van der Waals surface area contributed by atoms with Crippen LogP contribution in [-0.4, -0.2) is 26.0 Å². The summed E-state index contributed by atoms with van der Waals surface area (Å²) in [4.78, 5) is 12.8. The Morgan fingerprint density at radius 3 is 2.36 bits per heavy atom. The number of amides is 1. The predicted octanol–water partition coefficient (Wildman–Crippen LogP) is 5.17. The first-order valence-corrected chi connectivity index (χ1v) is 12.7. The first-order chi connectivity index (χ1) is 15.8. The van der Waals surface area contributed by atoms with Crippen LogP contribution in [0.1, 0.15) is 23.7 Å². The maximum absolute atomic E-state index is 12.7. The fraction of sp³-hybridized carbons (Fsp3) is 0.130. The van der Waals surface area contributed by atoms with Crippen molar-refractivity contribution in [2.75, 3.05) is 16.6 Å². The number of ether oxygens (including phenoxy) is 1. The van der Waals surface area contributed by atoms with Crippen molar-refractivity contribution in [2.45, 2.75) is 18.2 Å². The molecule has 0 heterocycles. The molecule has 0 aromatic heterocycles. The normalized spacial score (nSPS) is 10.8. The average molecular weight is 548 g/mol. The zero-order chi connectivity index (χ0) is 23.8. The summed E-state index contributed by atoms with van der Waals surface area (Å²) in [7, 11) is -3.73. The minimum Gasteiger partial charge on any atom is -0.493 e. The molecule has 3 aromatic carbocycles. The number of hydrogen-bond acceptors (Lipinski definition) is 5. The van der Waals surface area contributed by atoms with Gasteiger partial charge in [-0.3, -0.25) is 14.8 Å². The van der Waals surface area contributed by atoms with E-state index in [1.165, 1.54) is 12.1 Å². The van der Waals surface area contributed by atoms with E-state index in [0.29, 0.717) is 29.3 Å². The van der Waals surface area contributed by atoms with Crippen LogP contribution in [-0.2, 0) is 10.0 Å². The van der Waals surface area contributed by atoms with E-state index < -0.39 is 15.9 Å². The summed E-state index contributed by atoms with van der Waals surface area (Å²) in [5.74, 6) is 0.0342. The van der Waals surface area contributed by atoms with Gasteiger partial charge in [-0.15, -0.1) is 0 Å². The fourth-order valence-corrected chi connectivity index (χ4v) is 4.42. The van der Waals surface area contributed by atoms with E-state index in [-0.39, 0.29) is 10.0 Å². The number of hydrogen-bond donors (Lipinski definition) is 3. The molecule has 1 amide bonds. The molecule has 172 valence electrons. The van der Waals surface area contributed by atoms with Gasteiger partial charge >= 0.3 is 0 Å². The quantitative estimate of drug-likeness (QED) is 0.337. The monoisotopic (exact) mass is 547 g/mol. The van der Waals surface area contributed by atoms with Gasteiger partial charge in [-0.25, -0.2) is 8.42 Å². The van der Waals surface area contributed by atoms with Gasteiger partial charge in [0.2, 0.25) is 0 Å².